The molecule has 8 heteroatoms. The third kappa shape index (κ3) is 5.60. The molecule has 0 aromatic heterocycles. The van der Waals surface area contributed by atoms with Crippen LogP contribution in [-0.2, 0) is 23.9 Å². The van der Waals surface area contributed by atoms with E-state index in [1.807, 2.05) is 0 Å². The predicted octanol–water partition coefficient (Wildman–Crippen LogP) is 5.04. The Hall–Kier alpha value is -2.12. The van der Waals surface area contributed by atoms with E-state index in [-0.39, 0.29) is 24.4 Å². The van der Waals surface area contributed by atoms with E-state index in [1.54, 1.807) is 0 Å². The maximum absolute atomic E-state index is 12.5. The Morgan fingerprint density at radius 1 is 0.947 bits per heavy atom. The minimum atomic E-state index is -1.26. The van der Waals surface area contributed by atoms with Crippen LogP contribution < -0.4 is 5.32 Å². The highest BCUT2D eigenvalue weighted by molar-refractivity contribution is 5.86. The zero-order valence-corrected chi connectivity index (χ0v) is 23.5. The van der Waals surface area contributed by atoms with E-state index >= 15 is 0 Å². The second kappa shape index (κ2) is 11.2. The van der Waals surface area contributed by atoms with Gasteiger partial charge >= 0.3 is 17.9 Å². The summed E-state index contributed by atoms with van der Waals surface area (Å²) >= 11 is 0. The van der Waals surface area contributed by atoms with Crippen molar-refractivity contribution in [2.24, 2.45) is 46.3 Å². The Morgan fingerprint density at radius 3 is 2.29 bits per heavy atom. The van der Waals surface area contributed by atoms with Gasteiger partial charge in [0.05, 0.1) is 6.42 Å². The molecule has 3 N–H and O–H groups in total. The van der Waals surface area contributed by atoms with Gasteiger partial charge in [-0.05, 0) is 111 Å². The smallest absolute Gasteiger partial charge is 0.326 e. The van der Waals surface area contributed by atoms with Crippen LogP contribution in [0, 0.1) is 46.3 Å². The molecule has 4 fully saturated rings. The number of aliphatic carboxylic acids is 2. The molecule has 4 rings (SSSR count). The Kier molecular flexibility index (Phi) is 8.49. The van der Waals surface area contributed by atoms with Gasteiger partial charge in [0.2, 0.25) is 5.91 Å². The number of nitrogens with one attached hydrogen (secondary N) is 1. The van der Waals surface area contributed by atoms with Gasteiger partial charge in [-0.1, -0.05) is 20.8 Å². The molecule has 0 spiro atoms. The number of esters is 1. The van der Waals surface area contributed by atoms with Gasteiger partial charge in [-0.3, -0.25) is 14.4 Å². The van der Waals surface area contributed by atoms with Crippen molar-refractivity contribution in [3.8, 4) is 0 Å². The summed E-state index contributed by atoms with van der Waals surface area (Å²) in [5.74, 6) is 0.703. The van der Waals surface area contributed by atoms with Crippen LogP contribution in [0.3, 0.4) is 0 Å². The lowest BCUT2D eigenvalue weighted by molar-refractivity contribution is -0.165. The summed E-state index contributed by atoms with van der Waals surface area (Å²) in [5, 5.41) is 20.8. The fraction of sp³-hybridized carbons (Fsp3) is 0.867. The van der Waals surface area contributed by atoms with Crippen LogP contribution in [0.4, 0.5) is 0 Å². The first-order valence-electron chi connectivity index (χ1n) is 14.8. The van der Waals surface area contributed by atoms with Crippen molar-refractivity contribution in [3.05, 3.63) is 0 Å². The number of carboxylic acids is 2. The third-order valence-electron chi connectivity index (χ3n) is 11.5. The van der Waals surface area contributed by atoms with Crippen LogP contribution in [0.5, 0.6) is 0 Å². The lowest BCUT2D eigenvalue weighted by atomic mass is 9.44. The number of amides is 1. The maximum Gasteiger partial charge on any atom is 0.326 e. The number of rotatable bonds is 9. The SMILES string of the molecule is CC(=O)N[C@@H](CC(=O)O[C@H]1CC[C@@]2(C)[C@H](CC[C@@H]3[C@@H]2CC[C@]2(C)[C@@H]([C@H](C)CCC(=O)O)CC[C@@H]32)C1)C(=O)O. The Morgan fingerprint density at radius 2 is 1.63 bits per heavy atom. The molecule has 4 saturated carbocycles. The molecule has 214 valence electrons. The number of carbonyl (C=O) groups is 4. The van der Waals surface area contributed by atoms with Gasteiger partial charge in [0, 0.05) is 13.3 Å². The Balaban J connectivity index is 1.37. The first-order valence-corrected chi connectivity index (χ1v) is 14.8. The predicted molar refractivity (Wildman–Crippen MR) is 141 cm³/mol. The van der Waals surface area contributed by atoms with E-state index in [9.17, 15) is 29.4 Å². The van der Waals surface area contributed by atoms with Gasteiger partial charge in [-0.15, -0.1) is 0 Å². The summed E-state index contributed by atoms with van der Waals surface area (Å²) < 4.78 is 5.75. The summed E-state index contributed by atoms with van der Waals surface area (Å²) in [5.41, 5.74) is 0.545. The molecule has 0 heterocycles. The lowest BCUT2D eigenvalue weighted by Crippen LogP contribution is -2.54. The minimum absolute atomic E-state index is 0.191. The molecule has 0 aromatic carbocycles. The zero-order valence-electron chi connectivity index (χ0n) is 23.5. The van der Waals surface area contributed by atoms with Crippen molar-refractivity contribution in [2.75, 3.05) is 0 Å². The molecular formula is C30H47NO7. The molecule has 1 amide bonds. The molecule has 38 heavy (non-hydrogen) atoms. The number of ether oxygens (including phenoxy) is 1. The molecular weight excluding hydrogens is 486 g/mol. The normalized spacial score (nSPS) is 39.6. The number of fused-ring (bicyclic) bond motifs is 5. The van der Waals surface area contributed by atoms with E-state index < -0.39 is 29.9 Å². The first kappa shape index (κ1) is 28.9. The van der Waals surface area contributed by atoms with Gasteiger partial charge in [0.1, 0.15) is 12.1 Å². The molecule has 0 saturated heterocycles. The molecule has 10 atom stereocenters. The highest BCUT2D eigenvalue weighted by Crippen LogP contribution is 2.68. The lowest BCUT2D eigenvalue weighted by Gasteiger charge is -2.61. The minimum Gasteiger partial charge on any atom is -0.481 e. The molecule has 0 aromatic rings. The van der Waals surface area contributed by atoms with E-state index in [2.05, 4.69) is 26.1 Å². The summed E-state index contributed by atoms with van der Waals surface area (Å²) in [4.78, 5) is 46.4. The average molecular weight is 534 g/mol. The van der Waals surface area contributed by atoms with E-state index in [0.717, 1.165) is 38.0 Å². The highest BCUT2D eigenvalue weighted by atomic mass is 16.5. The van der Waals surface area contributed by atoms with Crippen molar-refractivity contribution in [3.63, 3.8) is 0 Å². The van der Waals surface area contributed by atoms with Crippen molar-refractivity contribution < 1.29 is 34.1 Å². The van der Waals surface area contributed by atoms with Crippen LogP contribution in [0.1, 0.15) is 105 Å². The fourth-order valence-corrected chi connectivity index (χ4v) is 9.70. The van der Waals surface area contributed by atoms with Crippen molar-refractivity contribution in [1.29, 1.82) is 0 Å². The first-order chi connectivity index (χ1) is 17.8. The molecule has 0 radical (unpaired) electrons. The molecule has 0 unspecified atom stereocenters. The largest absolute Gasteiger partial charge is 0.481 e. The molecule has 0 aliphatic heterocycles. The Labute approximate surface area is 226 Å². The van der Waals surface area contributed by atoms with Gasteiger partial charge < -0.3 is 20.3 Å². The van der Waals surface area contributed by atoms with Crippen LogP contribution in [0.15, 0.2) is 0 Å². The Bertz CT molecular complexity index is 936. The standard InChI is InChI=1S/C30H47NO7/c1-17(5-10-26(33)34)22-8-9-23-21-7-6-19-15-20(38-27(35)16-25(28(36)37)31-18(2)32)11-13-29(19,3)24(21)12-14-30(22,23)4/h17,19-25H,5-16H2,1-4H3,(H,31,32)(H,33,34)(H,36,37)/t17-,19-,20+,21+,22-,23+,24+,25+,29+,30-/m1/s1. The third-order valence-corrected chi connectivity index (χ3v) is 11.5. The van der Waals surface area contributed by atoms with Gasteiger partial charge in [0.25, 0.3) is 0 Å². The van der Waals surface area contributed by atoms with Gasteiger partial charge in [-0.2, -0.15) is 0 Å². The van der Waals surface area contributed by atoms with E-state index in [0.29, 0.717) is 35.0 Å². The summed E-state index contributed by atoms with van der Waals surface area (Å²) in [6.07, 6.45) is 10.4. The van der Waals surface area contributed by atoms with Crippen LogP contribution in [0.2, 0.25) is 0 Å². The molecule has 4 aliphatic carbocycles. The molecule has 0 bridgehead atoms. The summed E-state index contributed by atoms with van der Waals surface area (Å²) in [6, 6.07) is -1.26. The van der Waals surface area contributed by atoms with Crippen molar-refractivity contribution in [1.82, 2.24) is 5.32 Å². The van der Waals surface area contributed by atoms with Crippen LogP contribution >= 0.6 is 0 Å². The van der Waals surface area contributed by atoms with Gasteiger partial charge in [0.15, 0.2) is 0 Å². The second-order valence-corrected chi connectivity index (χ2v) is 13.5. The topological polar surface area (TPSA) is 130 Å². The zero-order chi connectivity index (χ0) is 27.8. The van der Waals surface area contributed by atoms with Crippen LogP contribution in [0.25, 0.3) is 0 Å². The van der Waals surface area contributed by atoms with E-state index in [1.165, 1.54) is 39.0 Å². The number of carbonyl (C=O) groups excluding carboxylic acids is 2. The van der Waals surface area contributed by atoms with Gasteiger partial charge in [-0.25, -0.2) is 4.79 Å². The van der Waals surface area contributed by atoms with E-state index in [4.69, 9.17) is 4.74 Å². The molecule has 8 nitrogen and oxygen atoms in total. The molecule has 4 aliphatic rings. The van der Waals surface area contributed by atoms with Crippen LogP contribution in [-0.4, -0.2) is 46.2 Å². The summed E-state index contributed by atoms with van der Waals surface area (Å²) in [6.45, 7) is 8.47. The summed E-state index contributed by atoms with van der Waals surface area (Å²) in [7, 11) is 0. The monoisotopic (exact) mass is 533 g/mol. The average Bonchev–Trinajstić information content (AvgIpc) is 3.19. The quantitative estimate of drug-likeness (QED) is 0.354. The fourth-order valence-electron chi connectivity index (χ4n) is 9.70. The van der Waals surface area contributed by atoms with Crippen molar-refractivity contribution in [2.45, 2.75) is 117 Å². The maximum atomic E-state index is 12.5. The highest BCUT2D eigenvalue weighted by Gasteiger charge is 2.60. The number of hydrogen-bond donors (Lipinski definition) is 3. The number of carboxylic acid groups (broad SMARTS) is 2. The number of hydrogen-bond acceptors (Lipinski definition) is 5. The second-order valence-electron chi connectivity index (χ2n) is 13.5. The van der Waals surface area contributed by atoms with Crippen molar-refractivity contribution >= 4 is 23.8 Å².